The summed E-state index contributed by atoms with van der Waals surface area (Å²) < 4.78 is 5.89. The van der Waals surface area contributed by atoms with E-state index in [1.54, 1.807) is 0 Å². The SMILES string of the molecule is CCC(C)c1ccccc1OCC(O)(CN)C1CC1. The minimum Gasteiger partial charge on any atom is -0.490 e. The second kappa shape index (κ2) is 5.93. The standard InChI is InChI=1S/C16H25NO2/c1-3-12(2)14-6-4-5-7-15(14)19-11-16(18,10-17)13-8-9-13/h4-7,12-13,18H,3,8-11,17H2,1-2H3. The van der Waals surface area contributed by atoms with E-state index in [-0.39, 0.29) is 6.54 Å². The van der Waals surface area contributed by atoms with Gasteiger partial charge in [-0.05, 0) is 42.7 Å². The molecule has 2 unspecified atom stereocenters. The molecule has 3 heteroatoms. The Morgan fingerprint density at radius 1 is 1.42 bits per heavy atom. The Morgan fingerprint density at radius 2 is 2.11 bits per heavy atom. The van der Waals surface area contributed by atoms with Gasteiger partial charge in [0.15, 0.2) is 0 Å². The van der Waals surface area contributed by atoms with Crippen molar-refractivity contribution in [2.75, 3.05) is 13.2 Å². The molecule has 1 aromatic rings. The number of para-hydroxylation sites is 1. The normalized spacial score (nSPS) is 19.8. The Labute approximate surface area is 115 Å². The minimum atomic E-state index is -0.859. The molecule has 1 aromatic carbocycles. The van der Waals surface area contributed by atoms with Crippen molar-refractivity contribution in [3.63, 3.8) is 0 Å². The largest absolute Gasteiger partial charge is 0.490 e. The molecular formula is C16H25NO2. The third kappa shape index (κ3) is 3.28. The smallest absolute Gasteiger partial charge is 0.122 e. The molecule has 0 aromatic heterocycles. The fraction of sp³-hybridized carbons (Fsp3) is 0.625. The molecule has 2 rings (SSSR count). The highest BCUT2D eigenvalue weighted by Crippen LogP contribution is 2.40. The fourth-order valence-corrected chi connectivity index (χ4v) is 2.41. The molecule has 0 heterocycles. The van der Waals surface area contributed by atoms with Gasteiger partial charge in [0.25, 0.3) is 0 Å². The predicted octanol–water partition coefficient (Wildman–Crippen LogP) is 2.68. The number of hydrogen-bond acceptors (Lipinski definition) is 3. The summed E-state index contributed by atoms with van der Waals surface area (Å²) >= 11 is 0. The summed E-state index contributed by atoms with van der Waals surface area (Å²) in [5.74, 6) is 1.65. The van der Waals surface area contributed by atoms with Crippen LogP contribution in [0.4, 0.5) is 0 Å². The molecule has 0 bridgehead atoms. The molecule has 3 N–H and O–H groups in total. The van der Waals surface area contributed by atoms with Gasteiger partial charge < -0.3 is 15.6 Å². The minimum absolute atomic E-state index is 0.267. The van der Waals surface area contributed by atoms with Gasteiger partial charge in [-0.1, -0.05) is 32.0 Å². The van der Waals surface area contributed by atoms with Crippen LogP contribution in [0.5, 0.6) is 5.75 Å². The van der Waals surface area contributed by atoms with Crippen LogP contribution in [0.25, 0.3) is 0 Å². The van der Waals surface area contributed by atoms with Crippen molar-refractivity contribution in [3.05, 3.63) is 29.8 Å². The van der Waals surface area contributed by atoms with Crippen LogP contribution in [0, 0.1) is 5.92 Å². The zero-order valence-electron chi connectivity index (χ0n) is 11.9. The van der Waals surface area contributed by atoms with Gasteiger partial charge >= 0.3 is 0 Å². The van der Waals surface area contributed by atoms with Gasteiger partial charge in [-0.15, -0.1) is 0 Å². The molecule has 0 amide bonds. The van der Waals surface area contributed by atoms with Crippen LogP contribution in [-0.4, -0.2) is 23.9 Å². The van der Waals surface area contributed by atoms with E-state index < -0.39 is 5.60 Å². The molecule has 106 valence electrons. The second-order valence-electron chi connectivity index (χ2n) is 5.72. The zero-order chi connectivity index (χ0) is 13.9. The van der Waals surface area contributed by atoms with E-state index >= 15 is 0 Å². The quantitative estimate of drug-likeness (QED) is 0.795. The third-order valence-corrected chi connectivity index (χ3v) is 4.23. The van der Waals surface area contributed by atoms with Gasteiger partial charge in [-0.3, -0.25) is 0 Å². The van der Waals surface area contributed by atoms with E-state index in [9.17, 15) is 5.11 Å². The van der Waals surface area contributed by atoms with Crippen LogP contribution in [0.1, 0.15) is 44.6 Å². The van der Waals surface area contributed by atoms with E-state index in [0.29, 0.717) is 18.4 Å². The summed E-state index contributed by atoms with van der Waals surface area (Å²) in [4.78, 5) is 0. The van der Waals surface area contributed by atoms with Crippen molar-refractivity contribution in [2.45, 2.75) is 44.6 Å². The highest BCUT2D eigenvalue weighted by molar-refractivity contribution is 5.36. The lowest BCUT2D eigenvalue weighted by Crippen LogP contribution is -2.45. The maximum atomic E-state index is 10.5. The first-order valence-electron chi connectivity index (χ1n) is 7.25. The number of benzene rings is 1. The van der Waals surface area contributed by atoms with Crippen molar-refractivity contribution in [3.8, 4) is 5.75 Å². The Morgan fingerprint density at radius 3 is 2.68 bits per heavy atom. The lowest BCUT2D eigenvalue weighted by atomic mass is 9.97. The molecule has 1 aliphatic carbocycles. The summed E-state index contributed by atoms with van der Waals surface area (Å²) in [7, 11) is 0. The Bertz CT molecular complexity index is 417. The molecule has 1 fully saturated rings. The lowest BCUT2D eigenvalue weighted by Gasteiger charge is -2.27. The van der Waals surface area contributed by atoms with Gasteiger partial charge in [-0.2, -0.15) is 0 Å². The molecule has 3 nitrogen and oxygen atoms in total. The molecule has 0 aliphatic heterocycles. The number of aliphatic hydroxyl groups is 1. The fourth-order valence-electron chi connectivity index (χ4n) is 2.41. The summed E-state index contributed by atoms with van der Waals surface area (Å²) in [6.07, 6.45) is 3.19. The van der Waals surface area contributed by atoms with E-state index in [4.69, 9.17) is 10.5 Å². The average Bonchev–Trinajstić information content (AvgIpc) is 3.29. The molecule has 0 radical (unpaired) electrons. The van der Waals surface area contributed by atoms with Gasteiger partial charge in [-0.25, -0.2) is 0 Å². The first-order chi connectivity index (χ1) is 9.10. The number of hydrogen-bond donors (Lipinski definition) is 2. The monoisotopic (exact) mass is 263 g/mol. The summed E-state index contributed by atoms with van der Waals surface area (Å²) in [6, 6.07) is 8.08. The maximum Gasteiger partial charge on any atom is 0.122 e. The van der Waals surface area contributed by atoms with Crippen molar-refractivity contribution in [1.82, 2.24) is 0 Å². The summed E-state index contributed by atoms with van der Waals surface area (Å²) in [6.45, 7) is 4.92. The first kappa shape index (κ1) is 14.4. The van der Waals surface area contributed by atoms with Crippen LogP contribution in [0.15, 0.2) is 24.3 Å². The van der Waals surface area contributed by atoms with Crippen LogP contribution in [-0.2, 0) is 0 Å². The molecular weight excluding hydrogens is 238 g/mol. The van der Waals surface area contributed by atoms with Gasteiger partial charge in [0.2, 0.25) is 0 Å². The van der Waals surface area contributed by atoms with Crippen molar-refractivity contribution < 1.29 is 9.84 Å². The van der Waals surface area contributed by atoms with Crippen molar-refractivity contribution in [1.29, 1.82) is 0 Å². The van der Waals surface area contributed by atoms with Gasteiger partial charge in [0.1, 0.15) is 18.0 Å². The molecule has 0 saturated heterocycles. The molecule has 19 heavy (non-hydrogen) atoms. The van der Waals surface area contributed by atoms with Gasteiger partial charge in [0.05, 0.1) is 0 Å². The average molecular weight is 263 g/mol. The van der Waals surface area contributed by atoms with E-state index in [1.807, 2.05) is 18.2 Å². The van der Waals surface area contributed by atoms with Crippen molar-refractivity contribution in [2.24, 2.45) is 11.7 Å². The van der Waals surface area contributed by atoms with Crippen LogP contribution >= 0.6 is 0 Å². The number of ether oxygens (including phenoxy) is 1. The summed E-state index contributed by atoms with van der Waals surface area (Å²) in [5, 5.41) is 10.5. The van der Waals surface area contributed by atoms with Crippen molar-refractivity contribution >= 4 is 0 Å². The highest BCUT2D eigenvalue weighted by Gasteiger charge is 2.43. The summed E-state index contributed by atoms with van der Waals surface area (Å²) in [5.41, 5.74) is 6.06. The predicted molar refractivity (Wildman–Crippen MR) is 77.4 cm³/mol. The Kier molecular flexibility index (Phi) is 4.48. The van der Waals surface area contributed by atoms with Crippen LogP contribution in [0.2, 0.25) is 0 Å². The zero-order valence-corrected chi connectivity index (χ0v) is 11.9. The maximum absolute atomic E-state index is 10.5. The van der Waals surface area contributed by atoms with E-state index in [2.05, 4.69) is 19.9 Å². The highest BCUT2D eigenvalue weighted by atomic mass is 16.5. The van der Waals surface area contributed by atoms with Crippen LogP contribution in [0.3, 0.4) is 0 Å². The first-order valence-corrected chi connectivity index (χ1v) is 7.25. The Hall–Kier alpha value is -1.06. The molecule has 1 saturated carbocycles. The van der Waals surface area contributed by atoms with Crippen LogP contribution < -0.4 is 10.5 Å². The number of nitrogens with two attached hydrogens (primary N) is 1. The molecule has 1 aliphatic rings. The molecule has 2 atom stereocenters. The third-order valence-electron chi connectivity index (χ3n) is 4.23. The van der Waals surface area contributed by atoms with E-state index in [1.165, 1.54) is 5.56 Å². The number of rotatable bonds is 7. The topological polar surface area (TPSA) is 55.5 Å². The Balaban J connectivity index is 2.06. The molecule has 0 spiro atoms. The van der Waals surface area contributed by atoms with Gasteiger partial charge in [0, 0.05) is 6.54 Å². The second-order valence-corrected chi connectivity index (χ2v) is 5.72. The van der Waals surface area contributed by atoms with E-state index in [0.717, 1.165) is 25.0 Å². The lowest BCUT2D eigenvalue weighted by molar-refractivity contribution is -0.0165.